The van der Waals surface area contributed by atoms with Crippen molar-refractivity contribution in [3.05, 3.63) is 83.3 Å². The highest BCUT2D eigenvalue weighted by molar-refractivity contribution is 7.79. The first kappa shape index (κ1) is 32.3. The molecule has 2 N–H and O–H groups in total. The number of β-amino-alcohol motifs (C(OH)–C–C–N with tert-alkyl or cyclic N) is 1. The van der Waals surface area contributed by atoms with Crippen LogP contribution in [0, 0.1) is 5.82 Å². The number of rotatable bonds is 11. The van der Waals surface area contributed by atoms with Crippen molar-refractivity contribution >= 4 is 52.9 Å². The summed E-state index contributed by atoms with van der Waals surface area (Å²) < 4.78 is 33.0. The van der Waals surface area contributed by atoms with E-state index in [-0.39, 0.29) is 24.5 Å². The van der Waals surface area contributed by atoms with Gasteiger partial charge in [0.2, 0.25) is 5.91 Å². The summed E-state index contributed by atoms with van der Waals surface area (Å²) in [5.74, 6) is -0.343. The summed E-state index contributed by atoms with van der Waals surface area (Å²) in [6.45, 7) is 2.57. The number of benzene rings is 3. The van der Waals surface area contributed by atoms with Crippen LogP contribution in [0.2, 0.25) is 5.02 Å². The van der Waals surface area contributed by atoms with Gasteiger partial charge in [0.15, 0.2) is 23.1 Å². The van der Waals surface area contributed by atoms with Gasteiger partial charge in [-0.15, -0.1) is 0 Å². The summed E-state index contributed by atoms with van der Waals surface area (Å²) in [6, 6.07) is 14.6. The summed E-state index contributed by atoms with van der Waals surface area (Å²) in [4.78, 5) is 31.7. The number of carbonyl (C=O) groups is 2. The van der Waals surface area contributed by atoms with Crippen molar-refractivity contribution in [3.63, 3.8) is 0 Å². The number of likely N-dealkylation sites (tertiary alicyclic amines) is 1. The number of urea groups is 1. The van der Waals surface area contributed by atoms with Gasteiger partial charge in [-0.2, -0.15) is 0 Å². The number of thiol groups is 1. The third kappa shape index (κ3) is 8.34. The van der Waals surface area contributed by atoms with Gasteiger partial charge in [-0.1, -0.05) is 36.5 Å². The Labute approximate surface area is 270 Å². The van der Waals surface area contributed by atoms with Crippen LogP contribution < -0.4 is 19.5 Å². The van der Waals surface area contributed by atoms with Crippen LogP contribution >= 0.6 is 24.4 Å². The molecule has 0 spiro atoms. The molecular weight excluding hydrogens is 623 g/mol. The number of amides is 3. The van der Waals surface area contributed by atoms with Crippen LogP contribution in [0.4, 0.5) is 14.9 Å². The number of fused-ring (bicyclic) bond motifs is 1. The number of nitrogens with zero attached hydrogens (tertiary/aromatic N) is 3. The van der Waals surface area contributed by atoms with E-state index in [4.69, 9.17) is 25.8 Å². The van der Waals surface area contributed by atoms with Gasteiger partial charge >= 0.3 is 6.03 Å². The molecule has 13 heteroatoms. The van der Waals surface area contributed by atoms with E-state index in [2.05, 4.69) is 28.0 Å². The molecule has 3 amide bonds. The van der Waals surface area contributed by atoms with E-state index in [1.54, 1.807) is 42.5 Å². The van der Waals surface area contributed by atoms with Gasteiger partial charge in [0, 0.05) is 41.0 Å². The maximum absolute atomic E-state index is 15.1. The quantitative estimate of drug-likeness (QED) is 0.166. The zero-order chi connectivity index (χ0) is 31.9. The van der Waals surface area contributed by atoms with Crippen LogP contribution in [0.3, 0.4) is 0 Å². The topological polar surface area (TPSA) is 113 Å². The molecule has 10 nitrogen and oxygen atoms in total. The monoisotopic (exact) mass is 654 g/mol. The average Bonchev–Trinajstić information content (AvgIpc) is 3.53. The average molecular weight is 655 g/mol. The molecular formula is C32H32ClFN4O6S. The first-order chi connectivity index (χ1) is 21.7. The Bertz CT molecular complexity index is 1690. The highest BCUT2D eigenvalue weighted by Gasteiger charge is 2.21. The van der Waals surface area contributed by atoms with Gasteiger partial charge in [0.05, 0.1) is 19.0 Å². The Morgan fingerprint density at radius 1 is 1.09 bits per heavy atom. The van der Waals surface area contributed by atoms with Crippen LogP contribution in [-0.2, 0) is 11.2 Å². The van der Waals surface area contributed by atoms with E-state index in [1.807, 2.05) is 0 Å². The summed E-state index contributed by atoms with van der Waals surface area (Å²) in [7, 11) is 1.50. The van der Waals surface area contributed by atoms with E-state index in [0.717, 1.165) is 32.0 Å². The number of pyridine rings is 1. The number of hydrogen-bond acceptors (Lipinski definition) is 9. The van der Waals surface area contributed by atoms with E-state index in [0.29, 0.717) is 49.6 Å². The summed E-state index contributed by atoms with van der Waals surface area (Å²) in [5, 5.41) is 13.9. The number of imide groups is 1. The molecule has 3 aromatic carbocycles. The van der Waals surface area contributed by atoms with Gasteiger partial charge in [-0.25, -0.2) is 13.5 Å². The van der Waals surface area contributed by atoms with Gasteiger partial charge in [0.25, 0.3) is 0 Å². The molecule has 1 saturated heterocycles. The summed E-state index contributed by atoms with van der Waals surface area (Å²) >= 11 is 9.96. The second-order valence-corrected chi connectivity index (χ2v) is 11.3. The molecule has 1 aliphatic heterocycles. The number of aliphatic hydroxyl groups excluding tert-OH is 1. The number of anilines is 1. The first-order valence-corrected chi connectivity index (χ1v) is 15.0. The molecule has 1 aromatic heterocycles. The van der Waals surface area contributed by atoms with Crippen LogP contribution in [0.25, 0.3) is 10.9 Å². The zero-order valence-electron chi connectivity index (χ0n) is 24.4. The third-order valence-electron chi connectivity index (χ3n) is 7.16. The zero-order valence-corrected chi connectivity index (χ0v) is 26.1. The highest BCUT2D eigenvalue weighted by atomic mass is 35.5. The van der Waals surface area contributed by atoms with Crippen LogP contribution in [-0.4, -0.2) is 70.7 Å². The fourth-order valence-electron chi connectivity index (χ4n) is 4.96. The van der Waals surface area contributed by atoms with Crippen molar-refractivity contribution in [2.24, 2.45) is 0 Å². The van der Waals surface area contributed by atoms with E-state index >= 15 is 4.39 Å². The molecule has 0 radical (unpaired) electrons. The third-order valence-corrected chi connectivity index (χ3v) is 7.80. The Hall–Kier alpha value is -4.10. The number of aliphatic hydroxyl groups is 1. The van der Waals surface area contributed by atoms with Crippen molar-refractivity contribution in [2.45, 2.75) is 25.4 Å². The Morgan fingerprint density at radius 2 is 1.89 bits per heavy atom. The maximum atomic E-state index is 15.1. The molecule has 2 heterocycles. The Morgan fingerprint density at radius 3 is 2.62 bits per heavy atom. The minimum Gasteiger partial charge on any atom is -0.493 e. The lowest BCUT2D eigenvalue weighted by atomic mass is 10.1. The number of methoxy groups -OCH3 is 1. The molecule has 4 aromatic rings. The molecule has 5 rings (SSSR count). The lowest BCUT2D eigenvalue weighted by molar-refractivity contribution is -0.123. The van der Waals surface area contributed by atoms with Gasteiger partial charge in [-0.05, 0) is 67.9 Å². The van der Waals surface area contributed by atoms with Crippen molar-refractivity contribution < 1.29 is 33.3 Å². The van der Waals surface area contributed by atoms with E-state index in [9.17, 15) is 14.7 Å². The number of carbonyl (C=O) groups excluding carboxylic acids is 2. The standard InChI is InChI=1S/C32H32ClFN4O6S/c1-42-29-16-24-26(17-30(29)43-19-23(39)18-37-11-2-3-12-37)35-10-9-27(24)44-28-8-7-22(15-25(28)34)36-32(41)38(45)31(40)14-20-5-4-6-21(33)13-20/h4-10,13,15-17,23,39,45H,2-3,11-12,14,18-19H2,1H3,(H,36,41). The molecule has 1 atom stereocenters. The van der Waals surface area contributed by atoms with Crippen molar-refractivity contribution in [2.75, 3.05) is 38.7 Å². The number of hydrogen-bond donors (Lipinski definition) is 3. The molecule has 236 valence electrons. The lowest BCUT2D eigenvalue weighted by Gasteiger charge is -2.20. The fourth-order valence-corrected chi connectivity index (χ4v) is 5.29. The normalized spacial score (nSPS) is 13.8. The summed E-state index contributed by atoms with van der Waals surface area (Å²) in [6.07, 6.45) is 3.03. The van der Waals surface area contributed by atoms with E-state index < -0.39 is 23.9 Å². The van der Waals surface area contributed by atoms with Gasteiger partial charge in [-0.3, -0.25) is 9.78 Å². The Kier molecular flexibility index (Phi) is 10.6. The van der Waals surface area contributed by atoms with Crippen molar-refractivity contribution in [1.82, 2.24) is 14.2 Å². The maximum Gasteiger partial charge on any atom is 0.338 e. The molecule has 0 bridgehead atoms. The van der Waals surface area contributed by atoms with E-state index in [1.165, 1.54) is 25.4 Å². The minimum absolute atomic E-state index is 0.0870. The largest absolute Gasteiger partial charge is 0.493 e. The Balaban J connectivity index is 1.24. The molecule has 0 saturated carbocycles. The second-order valence-electron chi connectivity index (χ2n) is 10.5. The predicted molar refractivity (Wildman–Crippen MR) is 172 cm³/mol. The van der Waals surface area contributed by atoms with Gasteiger partial charge < -0.3 is 29.5 Å². The van der Waals surface area contributed by atoms with Gasteiger partial charge in [0.1, 0.15) is 18.5 Å². The van der Waals surface area contributed by atoms with Crippen molar-refractivity contribution in [3.8, 4) is 23.0 Å². The summed E-state index contributed by atoms with van der Waals surface area (Å²) in [5.41, 5.74) is 1.22. The minimum atomic E-state index is -0.854. The van der Waals surface area contributed by atoms with Crippen molar-refractivity contribution in [1.29, 1.82) is 0 Å². The predicted octanol–water partition coefficient (Wildman–Crippen LogP) is 6.11. The number of ether oxygens (including phenoxy) is 3. The molecule has 0 aliphatic carbocycles. The lowest BCUT2D eigenvalue weighted by Crippen LogP contribution is -2.33. The number of nitrogens with one attached hydrogen (secondary N) is 1. The van der Waals surface area contributed by atoms with Crippen LogP contribution in [0.5, 0.6) is 23.0 Å². The number of halogens is 2. The second kappa shape index (κ2) is 14.8. The molecule has 45 heavy (non-hydrogen) atoms. The smallest absolute Gasteiger partial charge is 0.338 e. The fraction of sp³-hybridized carbons (Fsp3) is 0.281. The van der Waals surface area contributed by atoms with Crippen LogP contribution in [0.1, 0.15) is 18.4 Å². The first-order valence-electron chi connectivity index (χ1n) is 14.2. The number of aromatic nitrogens is 1. The molecule has 1 fully saturated rings. The SMILES string of the molecule is COc1cc2c(Oc3ccc(NC(=O)N(S)C(=O)Cc4cccc(Cl)c4)cc3F)ccnc2cc1OCC(O)CN1CCCC1. The van der Waals surface area contributed by atoms with Crippen LogP contribution in [0.15, 0.2) is 66.9 Å². The highest BCUT2D eigenvalue weighted by Crippen LogP contribution is 2.38. The molecule has 1 unspecified atom stereocenters. The molecule has 1 aliphatic rings.